The molecule has 1 heterocycles. The summed E-state index contributed by atoms with van der Waals surface area (Å²) in [6, 6.07) is 9.24. The number of anilines is 1. The van der Waals surface area contributed by atoms with Crippen LogP contribution in [-0.2, 0) is 11.2 Å². The van der Waals surface area contributed by atoms with Gasteiger partial charge in [-0.15, -0.1) is 0 Å². The van der Waals surface area contributed by atoms with Crippen LogP contribution in [0.2, 0.25) is 0 Å². The number of para-hydroxylation sites is 1. The fourth-order valence-corrected chi connectivity index (χ4v) is 3.81. The summed E-state index contributed by atoms with van der Waals surface area (Å²) < 4.78 is 0. The fraction of sp³-hybridized carbons (Fsp3) is 0.611. The maximum atomic E-state index is 12.4. The van der Waals surface area contributed by atoms with Gasteiger partial charge in [-0.3, -0.25) is 4.79 Å². The van der Waals surface area contributed by atoms with Crippen molar-refractivity contribution in [3.63, 3.8) is 0 Å². The Morgan fingerprint density at radius 1 is 1.24 bits per heavy atom. The Hall–Kier alpha value is -1.51. The van der Waals surface area contributed by atoms with E-state index < -0.39 is 0 Å². The molecule has 3 nitrogen and oxygen atoms in total. The number of carbonyl (C=O) groups is 1. The Kier molecular flexibility index (Phi) is 4.18. The molecule has 0 bridgehead atoms. The Bertz CT molecular complexity index is 514. The largest absolute Gasteiger partial charge is 0.359 e. The predicted molar refractivity (Wildman–Crippen MR) is 86.5 cm³/mol. The third-order valence-corrected chi connectivity index (χ3v) is 5.12. The first-order valence-corrected chi connectivity index (χ1v) is 8.29. The molecule has 1 saturated carbocycles. The SMILES string of the molecule is C[C@@H]1CCCC[C@H]1NC(=O)CN1c2ccccc2C[C@@H]1C. The van der Waals surface area contributed by atoms with Crippen molar-refractivity contribution in [3.8, 4) is 0 Å². The van der Waals surface area contributed by atoms with Gasteiger partial charge in [0.15, 0.2) is 0 Å². The lowest BCUT2D eigenvalue weighted by Crippen LogP contribution is -2.46. The molecule has 3 rings (SSSR count). The van der Waals surface area contributed by atoms with Crippen molar-refractivity contribution in [2.45, 2.75) is 58.0 Å². The molecule has 1 amide bonds. The van der Waals surface area contributed by atoms with Gasteiger partial charge in [0.2, 0.25) is 5.91 Å². The van der Waals surface area contributed by atoms with Crippen molar-refractivity contribution >= 4 is 11.6 Å². The van der Waals surface area contributed by atoms with Crippen LogP contribution in [0.4, 0.5) is 5.69 Å². The average molecular weight is 286 g/mol. The normalized spacial score (nSPS) is 28.3. The minimum absolute atomic E-state index is 0.178. The molecule has 114 valence electrons. The van der Waals surface area contributed by atoms with E-state index >= 15 is 0 Å². The summed E-state index contributed by atoms with van der Waals surface area (Å²) in [5.41, 5.74) is 2.60. The van der Waals surface area contributed by atoms with Crippen molar-refractivity contribution in [2.24, 2.45) is 5.92 Å². The van der Waals surface area contributed by atoms with Gasteiger partial charge in [0.25, 0.3) is 0 Å². The van der Waals surface area contributed by atoms with Crippen LogP contribution < -0.4 is 10.2 Å². The highest BCUT2D eigenvalue weighted by molar-refractivity contribution is 5.82. The van der Waals surface area contributed by atoms with Crippen molar-refractivity contribution < 1.29 is 4.79 Å². The van der Waals surface area contributed by atoms with Crippen LogP contribution in [0.5, 0.6) is 0 Å². The second-order valence-corrected chi connectivity index (χ2v) is 6.75. The van der Waals surface area contributed by atoms with Crippen molar-refractivity contribution in [2.75, 3.05) is 11.4 Å². The van der Waals surface area contributed by atoms with Crippen molar-refractivity contribution in [1.82, 2.24) is 5.32 Å². The van der Waals surface area contributed by atoms with Gasteiger partial charge in [0.05, 0.1) is 6.54 Å². The monoisotopic (exact) mass is 286 g/mol. The molecule has 1 fully saturated rings. The minimum atomic E-state index is 0.178. The maximum Gasteiger partial charge on any atom is 0.239 e. The van der Waals surface area contributed by atoms with Crippen LogP contribution >= 0.6 is 0 Å². The average Bonchev–Trinajstić information content (AvgIpc) is 2.78. The van der Waals surface area contributed by atoms with Gasteiger partial charge in [0.1, 0.15) is 0 Å². The summed E-state index contributed by atoms with van der Waals surface area (Å²) in [6.07, 6.45) is 5.98. The van der Waals surface area contributed by atoms with Gasteiger partial charge in [-0.05, 0) is 43.7 Å². The number of nitrogens with zero attached hydrogens (tertiary/aromatic N) is 1. The van der Waals surface area contributed by atoms with E-state index in [4.69, 9.17) is 0 Å². The van der Waals surface area contributed by atoms with Crippen LogP contribution in [0, 0.1) is 5.92 Å². The Morgan fingerprint density at radius 3 is 2.81 bits per heavy atom. The van der Waals surface area contributed by atoms with Crippen LogP contribution in [0.3, 0.4) is 0 Å². The maximum absolute atomic E-state index is 12.4. The zero-order chi connectivity index (χ0) is 14.8. The lowest BCUT2D eigenvalue weighted by atomic mass is 9.86. The van der Waals surface area contributed by atoms with Gasteiger partial charge in [-0.2, -0.15) is 0 Å². The lowest BCUT2D eigenvalue weighted by molar-refractivity contribution is -0.121. The van der Waals surface area contributed by atoms with Crippen LogP contribution in [0.1, 0.15) is 45.1 Å². The van der Waals surface area contributed by atoms with Gasteiger partial charge >= 0.3 is 0 Å². The van der Waals surface area contributed by atoms with E-state index in [0.717, 1.165) is 12.8 Å². The zero-order valence-electron chi connectivity index (χ0n) is 13.1. The molecule has 1 aliphatic carbocycles. The fourth-order valence-electron chi connectivity index (χ4n) is 3.81. The number of hydrogen-bond donors (Lipinski definition) is 1. The van der Waals surface area contributed by atoms with E-state index in [1.54, 1.807) is 0 Å². The molecule has 1 aromatic rings. The van der Waals surface area contributed by atoms with Gasteiger partial charge in [0, 0.05) is 17.8 Å². The molecule has 1 aromatic carbocycles. The number of hydrogen-bond acceptors (Lipinski definition) is 2. The van der Waals surface area contributed by atoms with Crippen LogP contribution in [-0.4, -0.2) is 24.5 Å². The van der Waals surface area contributed by atoms with E-state index in [-0.39, 0.29) is 5.91 Å². The van der Waals surface area contributed by atoms with Crippen LogP contribution in [0.25, 0.3) is 0 Å². The first kappa shape index (κ1) is 14.4. The third-order valence-electron chi connectivity index (χ3n) is 5.12. The van der Waals surface area contributed by atoms with Gasteiger partial charge < -0.3 is 10.2 Å². The molecule has 0 aromatic heterocycles. The number of nitrogens with one attached hydrogen (secondary N) is 1. The highest BCUT2D eigenvalue weighted by atomic mass is 16.2. The molecule has 3 heteroatoms. The van der Waals surface area contributed by atoms with E-state index in [2.05, 4.69) is 48.3 Å². The molecule has 1 N–H and O–H groups in total. The Morgan fingerprint density at radius 2 is 2.00 bits per heavy atom. The topological polar surface area (TPSA) is 32.3 Å². The number of amides is 1. The molecule has 2 aliphatic rings. The molecule has 3 atom stereocenters. The van der Waals surface area contributed by atoms with Crippen LogP contribution in [0.15, 0.2) is 24.3 Å². The predicted octanol–water partition coefficient (Wildman–Crippen LogP) is 3.13. The third kappa shape index (κ3) is 3.07. The van der Waals surface area contributed by atoms with E-state index in [1.807, 2.05) is 0 Å². The molecule has 0 radical (unpaired) electrons. The van der Waals surface area contributed by atoms with Crippen molar-refractivity contribution in [3.05, 3.63) is 29.8 Å². The Labute approximate surface area is 127 Å². The smallest absolute Gasteiger partial charge is 0.239 e. The lowest BCUT2D eigenvalue weighted by Gasteiger charge is -2.31. The highest BCUT2D eigenvalue weighted by Gasteiger charge is 2.28. The number of rotatable bonds is 3. The zero-order valence-corrected chi connectivity index (χ0v) is 13.1. The molecule has 0 unspecified atom stereocenters. The second kappa shape index (κ2) is 6.08. The summed E-state index contributed by atoms with van der Waals surface area (Å²) in [7, 11) is 0. The quantitative estimate of drug-likeness (QED) is 0.926. The summed E-state index contributed by atoms with van der Waals surface area (Å²) in [5.74, 6) is 0.795. The number of fused-ring (bicyclic) bond motifs is 1. The van der Waals surface area contributed by atoms with E-state index in [0.29, 0.717) is 24.5 Å². The number of benzene rings is 1. The molecule has 0 spiro atoms. The summed E-state index contributed by atoms with van der Waals surface area (Å²) in [6.45, 7) is 4.95. The first-order valence-electron chi connectivity index (χ1n) is 8.29. The minimum Gasteiger partial charge on any atom is -0.359 e. The van der Waals surface area contributed by atoms with E-state index in [1.165, 1.54) is 30.5 Å². The first-order chi connectivity index (χ1) is 10.1. The van der Waals surface area contributed by atoms with E-state index in [9.17, 15) is 4.79 Å². The summed E-state index contributed by atoms with van der Waals surface area (Å²) in [4.78, 5) is 14.7. The molecule has 1 aliphatic heterocycles. The summed E-state index contributed by atoms with van der Waals surface area (Å²) in [5, 5.41) is 3.27. The Balaban J connectivity index is 1.62. The molecular formula is C18H26N2O. The molecule has 21 heavy (non-hydrogen) atoms. The second-order valence-electron chi connectivity index (χ2n) is 6.75. The van der Waals surface area contributed by atoms with Gasteiger partial charge in [-0.1, -0.05) is 38.0 Å². The van der Waals surface area contributed by atoms with Gasteiger partial charge in [-0.25, -0.2) is 0 Å². The summed E-state index contributed by atoms with van der Waals surface area (Å²) >= 11 is 0. The number of carbonyl (C=O) groups excluding carboxylic acids is 1. The molecule has 0 saturated heterocycles. The standard InChI is InChI=1S/C18H26N2O/c1-13-7-3-5-9-16(13)19-18(21)12-20-14(2)11-15-8-4-6-10-17(15)20/h4,6,8,10,13-14,16H,3,5,7,9,11-12H2,1-2H3,(H,19,21)/t13-,14+,16-/m1/s1. The highest BCUT2D eigenvalue weighted by Crippen LogP contribution is 2.31. The molecular weight excluding hydrogens is 260 g/mol. The van der Waals surface area contributed by atoms with Crippen molar-refractivity contribution in [1.29, 1.82) is 0 Å².